The van der Waals surface area contributed by atoms with Crippen molar-refractivity contribution in [3.63, 3.8) is 0 Å². The van der Waals surface area contributed by atoms with E-state index in [0.717, 1.165) is 6.07 Å². The maximum atomic E-state index is 11.7. The van der Waals surface area contributed by atoms with Crippen molar-refractivity contribution >= 4 is 15.7 Å². The lowest BCUT2D eigenvalue weighted by Gasteiger charge is -2.13. The molecule has 0 bridgehead atoms. The van der Waals surface area contributed by atoms with E-state index in [0.29, 0.717) is 4.47 Å². The Balaban J connectivity index is 3.24. The number of non-ortho nitro benzene ring substituents is 1. The van der Waals surface area contributed by atoms with E-state index in [-0.39, 0.29) is 10.6 Å². The molecule has 0 fully saturated rings. The summed E-state index contributed by atoms with van der Waals surface area (Å²) in [6.45, 7) is 0. The molecule has 0 spiro atoms. The molecule has 1 aromatic carbocycles. The van der Waals surface area contributed by atoms with Crippen LogP contribution >= 0.6 is 0 Å². The standard InChI is InChI=1S/C8H10N2O5S/c1-9(15-2)16(13,14)8-5-3-4-7(6-8)10(11)12/h3-6H,1-2H3. The van der Waals surface area contributed by atoms with E-state index in [1.54, 1.807) is 0 Å². The molecule has 0 amide bonds. The molecule has 0 heterocycles. The Morgan fingerprint density at radius 1 is 1.44 bits per heavy atom. The van der Waals surface area contributed by atoms with Crippen LogP contribution in [0, 0.1) is 10.1 Å². The van der Waals surface area contributed by atoms with E-state index >= 15 is 0 Å². The lowest BCUT2D eigenvalue weighted by atomic mass is 10.3. The van der Waals surface area contributed by atoms with Crippen LogP contribution in [0.2, 0.25) is 0 Å². The first kappa shape index (κ1) is 12.6. The highest BCUT2D eigenvalue weighted by molar-refractivity contribution is 7.89. The maximum absolute atomic E-state index is 11.7. The van der Waals surface area contributed by atoms with Gasteiger partial charge in [-0.05, 0) is 6.07 Å². The molecule has 0 unspecified atom stereocenters. The van der Waals surface area contributed by atoms with Crippen LogP contribution in [0.25, 0.3) is 0 Å². The van der Waals surface area contributed by atoms with Crippen LogP contribution in [0.3, 0.4) is 0 Å². The summed E-state index contributed by atoms with van der Waals surface area (Å²) in [5.74, 6) is 0. The summed E-state index contributed by atoms with van der Waals surface area (Å²) >= 11 is 0. The third kappa shape index (κ3) is 2.35. The van der Waals surface area contributed by atoms with Gasteiger partial charge in [-0.15, -0.1) is 0 Å². The second kappa shape index (κ2) is 4.56. The monoisotopic (exact) mass is 246 g/mol. The summed E-state index contributed by atoms with van der Waals surface area (Å²) in [6, 6.07) is 4.75. The van der Waals surface area contributed by atoms with Gasteiger partial charge in [0.15, 0.2) is 0 Å². The second-order valence-electron chi connectivity index (χ2n) is 2.85. The molecule has 0 aliphatic heterocycles. The fraction of sp³-hybridized carbons (Fsp3) is 0.250. The molecule has 0 saturated heterocycles. The smallest absolute Gasteiger partial charge is 0.270 e. The van der Waals surface area contributed by atoms with Crippen LogP contribution in [-0.4, -0.2) is 32.0 Å². The predicted molar refractivity (Wildman–Crippen MR) is 55.1 cm³/mol. The van der Waals surface area contributed by atoms with Gasteiger partial charge >= 0.3 is 0 Å². The number of hydrogen-bond donors (Lipinski definition) is 0. The first-order valence-corrected chi connectivity index (χ1v) is 5.61. The highest BCUT2D eigenvalue weighted by atomic mass is 32.2. The predicted octanol–water partition coefficient (Wildman–Crippen LogP) is 0.777. The minimum Gasteiger partial charge on any atom is -0.288 e. The zero-order chi connectivity index (χ0) is 12.3. The summed E-state index contributed by atoms with van der Waals surface area (Å²) in [7, 11) is -1.45. The van der Waals surface area contributed by atoms with Crippen molar-refractivity contribution in [1.82, 2.24) is 4.47 Å². The fourth-order valence-electron chi connectivity index (χ4n) is 1.00. The van der Waals surface area contributed by atoms with Crippen molar-refractivity contribution < 1.29 is 18.2 Å². The fourth-order valence-corrected chi connectivity index (χ4v) is 2.02. The Morgan fingerprint density at radius 2 is 2.06 bits per heavy atom. The highest BCUT2D eigenvalue weighted by Gasteiger charge is 2.22. The second-order valence-corrected chi connectivity index (χ2v) is 4.79. The molecular weight excluding hydrogens is 236 g/mol. The van der Waals surface area contributed by atoms with Crippen molar-refractivity contribution in [2.24, 2.45) is 0 Å². The molecule has 1 aromatic rings. The lowest BCUT2D eigenvalue weighted by molar-refractivity contribution is -0.385. The zero-order valence-electron chi connectivity index (χ0n) is 8.65. The first-order chi connectivity index (χ1) is 7.39. The summed E-state index contributed by atoms with van der Waals surface area (Å²) in [4.78, 5) is 14.2. The summed E-state index contributed by atoms with van der Waals surface area (Å²) in [5.41, 5.74) is -0.287. The quantitative estimate of drug-likeness (QED) is 0.578. The Morgan fingerprint density at radius 3 is 2.56 bits per heavy atom. The summed E-state index contributed by atoms with van der Waals surface area (Å²) in [6.07, 6.45) is 0. The van der Waals surface area contributed by atoms with Gasteiger partial charge in [-0.2, -0.15) is 0 Å². The normalized spacial score (nSPS) is 11.7. The van der Waals surface area contributed by atoms with Crippen LogP contribution in [-0.2, 0) is 14.9 Å². The molecule has 0 atom stereocenters. The topological polar surface area (TPSA) is 89.8 Å². The average Bonchev–Trinajstić information content (AvgIpc) is 2.28. The van der Waals surface area contributed by atoms with E-state index in [2.05, 4.69) is 4.84 Å². The molecule has 0 N–H and O–H groups in total. The van der Waals surface area contributed by atoms with E-state index < -0.39 is 14.9 Å². The first-order valence-electron chi connectivity index (χ1n) is 4.17. The largest absolute Gasteiger partial charge is 0.288 e. The number of hydrogen-bond acceptors (Lipinski definition) is 5. The van der Waals surface area contributed by atoms with Gasteiger partial charge in [0.1, 0.15) is 0 Å². The Labute approximate surface area is 92.4 Å². The van der Waals surface area contributed by atoms with Gasteiger partial charge in [0, 0.05) is 19.2 Å². The molecule has 0 saturated carbocycles. The Hall–Kier alpha value is -1.51. The van der Waals surface area contributed by atoms with Crippen molar-refractivity contribution in [3.05, 3.63) is 34.4 Å². The van der Waals surface area contributed by atoms with Gasteiger partial charge in [0.05, 0.1) is 16.9 Å². The van der Waals surface area contributed by atoms with Crippen LogP contribution < -0.4 is 0 Å². The number of benzene rings is 1. The molecular formula is C8H10N2O5S. The minimum absolute atomic E-state index is 0.189. The summed E-state index contributed by atoms with van der Waals surface area (Å²) in [5, 5.41) is 10.5. The number of nitro groups is 1. The van der Waals surface area contributed by atoms with Gasteiger partial charge in [-0.1, -0.05) is 10.5 Å². The third-order valence-corrected chi connectivity index (χ3v) is 3.60. The SMILES string of the molecule is CON(C)S(=O)(=O)c1cccc([N+](=O)[O-])c1. The van der Waals surface area contributed by atoms with E-state index in [4.69, 9.17) is 0 Å². The van der Waals surface area contributed by atoms with Crippen molar-refractivity contribution in [1.29, 1.82) is 0 Å². The van der Waals surface area contributed by atoms with Crippen LogP contribution in [0.5, 0.6) is 0 Å². The highest BCUT2D eigenvalue weighted by Crippen LogP contribution is 2.19. The molecule has 8 heteroatoms. The molecule has 0 aliphatic rings. The average molecular weight is 246 g/mol. The van der Waals surface area contributed by atoms with Gasteiger partial charge in [0.25, 0.3) is 15.7 Å². The molecule has 88 valence electrons. The minimum atomic E-state index is -3.84. The van der Waals surface area contributed by atoms with Gasteiger partial charge < -0.3 is 0 Å². The lowest BCUT2D eigenvalue weighted by Crippen LogP contribution is -2.25. The number of rotatable bonds is 4. The molecule has 0 aliphatic carbocycles. The van der Waals surface area contributed by atoms with Crippen LogP contribution in [0.15, 0.2) is 29.2 Å². The van der Waals surface area contributed by atoms with Gasteiger partial charge in [0.2, 0.25) is 0 Å². The van der Waals surface area contributed by atoms with Gasteiger partial charge in [-0.3, -0.25) is 15.0 Å². The molecule has 16 heavy (non-hydrogen) atoms. The molecule has 0 radical (unpaired) electrons. The van der Waals surface area contributed by atoms with Crippen LogP contribution in [0.4, 0.5) is 5.69 Å². The van der Waals surface area contributed by atoms with Crippen molar-refractivity contribution in [2.75, 3.05) is 14.2 Å². The van der Waals surface area contributed by atoms with Crippen molar-refractivity contribution in [3.8, 4) is 0 Å². The maximum Gasteiger partial charge on any atom is 0.270 e. The Bertz CT molecular complexity index is 499. The third-order valence-electron chi connectivity index (χ3n) is 1.92. The zero-order valence-corrected chi connectivity index (χ0v) is 9.47. The molecule has 1 rings (SSSR count). The summed E-state index contributed by atoms with van der Waals surface area (Å²) < 4.78 is 24.1. The van der Waals surface area contributed by atoms with E-state index in [1.807, 2.05) is 0 Å². The van der Waals surface area contributed by atoms with Gasteiger partial charge in [-0.25, -0.2) is 8.42 Å². The van der Waals surface area contributed by atoms with E-state index in [1.165, 1.54) is 32.4 Å². The number of hydroxylamine groups is 1. The number of nitro benzene ring substituents is 1. The number of sulfonamides is 1. The van der Waals surface area contributed by atoms with E-state index in [9.17, 15) is 18.5 Å². The number of nitrogens with zero attached hydrogens (tertiary/aromatic N) is 2. The van der Waals surface area contributed by atoms with Crippen LogP contribution in [0.1, 0.15) is 0 Å². The van der Waals surface area contributed by atoms with Crippen molar-refractivity contribution in [2.45, 2.75) is 4.90 Å². The Kier molecular flexibility index (Phi) is 3.58. The molecule has 0 aromatic heterocycles. The molecule has 7 nitrogen and oxygen atoms in total.